The van der Waals surface area contributed by atoms with Gasteiger partial charge in [0.25, 0.3) is 5.91 Å². The Morgan fingerprint density at radius 2 is 1.93 bits per heavy atom. The lowest BCUT2D eigenvalue weighted by Gasteiger charge is -2.49. The number of carboxylic acid groups (broad SMARTS) is 2. The van der Waals surface area contributed by atoms with Crippen molar-refractivity contribution in [3.63, 3.8) is 0 Å². The van der Waals surface area contributed by atoms with E-state index in [9.17, 15) is 32.7 Å². The van der Waals surface area contributed by atoms with Crippen LogP contribution in [0, 0.1) is 6.92 Å². The van der Waals surface area contributed by atoms with Crippen molar-refractivity contribution in [2.45, 2.75) is 29.4 Å². The van der Waals surface area contributed by atoms with Gasteiger partial charge in [-0.05, 0) is 23.8 Å². The molecule has 0 bridgehead atoms. The normalized spacial score (nSPS) is 17.5. The Morgan fingerprint density at radius 3 is 2.54 bits per heavy atom. The largest absolute Gasteiger partial charge is 0.490 e. The molecule has 1 unspecified atom stereocenters. The van der Waals surface area contributed by atoms with Crippen LogP contribution in [0.25, 0.3) is 0 Å². The molecule has 12 nitrogen and oxygen atoms in total. The van der Waals surface area contributed by atoms with Gasteiger partial charge < -0.3 is 26.6 Å². The second kappa shape index (κ2) is 16.0. The first kappa shape index (κ1) is 37.1. The Morgan fingerprint density at radius 1 is 1.26 bits per heavy atom. The number of aliphatic carboxylic acids is 2. The van der Waals surface area contributed by atoms with Crippen LogP contribution in [0.2, 0.25) is 10.0 Å². The molecule has 20 heteroatoms. The number of rotatable bonds is 10. The van der Waals surface area contributed by atoms with Gasteiger partial charge in [0.1, 0.15) is 17.1 Å². The maximum atomic E-state index is 12.9. The van der Waals surface area contributed by atoms with Crippen LogP contribution < -0.4 is 20.3 Å². The topological polar surface area (TPSA) is 179 Å². The van der Waals surface area contributed by atoms with E-state index in [2.05, 4.69) is 15.6 Å². The van der Waals surface area contributed by atoms with E-state index < -0.39 is 35.4 Å². The zero-order valence-corrected chi connectivity index (χ0v) is 27.8. The monoisotopic (exact) mass is 741 g/mol. The summed E-state index contributed by atoms with van der Waals surface area (Å²) >= 11 is 16.2. The van der Waals surface area contributed by atoms with E-state index in [0.29, 0.717) is 43.7 Å². The molecular formula is C26H26Cl2F3N6O6S3+. The molecule has 1 saturated heterocycles. The van der Waals surface area contributed by atoms with Crippen molar-refractivity contribution in [2.24, 2.45) is 0 Å². The number of β-lactam (4-membered cyclic amide) rings is 1. The molecule has 0 saturated carbocycles. The number of carboxylic acids is 2. The predicted octanol–water partition coefficient (Wildman–Crippen LogP) is 3.82. The van der Waals surface area contributed by atoms with Crippen molar-refractivity contribution in [2.75, 3.05) is 35.4 Å². The molecule has 2 amide bonds. The summed E-state index contributed by atoms with van der Waals surface area (Å²) in [5, 5.41) is 23.3. The van der Waals surface area contributed by atoms with Crippen LogP contribution in [0.5, 0.6) is 0 Å². The Balaban J connectivity index is 0.000000738. The molecule has 2 aliphatic rings. The summed E-state index contributed by atoms with van der Waals surface area (Å²) in [5.41, 5.74) is 6.27. The van der Waals surface area contributed by atoms with E-state index in [0.717, 1.165) is 5.82 Å². The number of anilines is 2. The van der Waals surface area contributed by atoms with Crippen molar-refractivity contribution in [1.29, 1.82) is 0 Å². The van der Waals surface area contributed by atoms with Crippen molar-refractivity contribution in [3.05, 3.63) is 63.6 Å². The Bertz CT molecular complexity index is 1600. The van der Waals surface area contributed by atoms with Gasteiger partial charge in [0.2, 0.25) is 23.4 Å². The number of amides is 2. The van der Waals surface area contributed by atoms with E-state index in [1.54, 1.807) is 37.4 Å². The van der Waals surface area contributed by atoms with Crippen LogP contribution in [-0.4, -0.2) is 85.7 Å². The average Bonchev–Trinajstić information content (AvgIpc) is 2.98. The van der Waals surface area contributed by atoms with Crippen LogP contribution in [0.4, 0.5) is 24.8 Å². The van der Waals surface area contributed by atoms with Gasteiger partial charge in [-0.25, -0.2) is 9.59 Å². The fourth-order valence-corrected chi connectivity index (χ4v) is 7.46. The molecular weight excluding hydrogens is 716 g/mol. The highest BCUT2D eigenvalue weighted by molar-refractivity contribution is 8.00. The number of nitrogen functional groups attached to an aromatic ring is 1. The van der Waals surface area contributed by atoms with E-state index >= 15 is 0 Å². The van der Waals surface area contributed by atoms with E-state index in [1.807, 2.05) is 17.0 Å². The summed E-state index contributed by atoms with van der Waals surface area (Å²) in [7, 11) is 1.79. The lowest BCUT2D eigenvalue weighted by Crippen LogP contribution is -2.70. The number of thioether (sulfide) groups is 2. The maximum Gasteiger partial charge on any atom is 0.490 e. The Labute approximate surface area is 283 Å². The van der Waals surface area contributed by atoms with Gasteiger partial charge in [0.15, 0.2) is 0 Å². The molecule has 46 heavy (non-hydrogen) atoms. The third-order valence-electron chi connectivity index (χ3n) is 5.97. The van der Waals surface area contributed by atoms with Gasteiger partial charge in [0.05, 0.1) is 16.8 Å². The number of halogens is 5. The fraction of sp³-hybridized carbons (Fsp3) is 0.308. The molecule has 1 aromatic carbocycles. The summed E-state index contributed by atoms with van der Waals surface area (Å²) in [6.45, 7) is 1.84. The highest BCUT2D eigenvalue weighted by atomic mass is 35.5. The Kier molecular flexibility index (Phi) is 12.9. The summed E-state index contributed by atoms with van der Waals surface area (Å²) < 4.78 is 33.6. The van der Waals surface area contributed by atoms with Crippen LogP contribution in [0.15, 0.2) is 52.6 Å². The lowest BCUT2D eigenvalue weighted by molar-refractivity contribution is -0.490. The SMILES string of the molecule is CNc1cc(N)nc(C)[n+]1SC/C=C/C1=C(C(=O)O)N2C(=O)[C@@H](NC(=O)CSc3cc(Cl)ccc3Cl)C2SC1.O=C(O)C(F)(F)F. The van der Waals surface area contributed by atoms with Crippen molar-refractivity contribution in [1.82, 2.24) is 15.2 Å². The molecule has 2 atom stereocenters. The number of fused-ring (bicyclic) bond motifs is 1. The molecule has 1 aromatic heterocycles. The number of nitrogens with two attached hydrogens (primary N) is 1. The molecule has 6 N–H and O–H groups in total. The van der Waals surface area contributed by atoms with Crippen molar-refractivity contribution in [3.8, 4) is 0 Å². The van der Waals surface area contributed by atoms with Crippen molar-refractivity contribution >= 4 is 94.1 Å². The summed E-state index contributed by atoms with van der Waals surface area (Å²) in [6, 6.07) is 5.89. The summed E-state index contributed by atoms with van der Waals surface area (Å²) in [6.07, 6.45) is -1.52. The first-order chi connectivity index (χ1) is 21.5. The number of benzene rings is 1. The molecule has 3 heterocycles. The number of nitrogens with one attached hydrogen (secondary N) is 2. The quantitative estimate of drug-likeness (QED) is 0.135. The molecule has 0 spiro atoms. The number of allylic oxidation sites excluding steroid dienone is 1. The zero-order chi connectivity index (χ0) is 34.3. The number of alkyl halides is 3. The minimum atomic E-state index is -5.08. The molecule has 0 radical (unpaired) electrons. The second-order valence-electron chi connectivity index (χ2n) is 9.16. The predicted molar refractivity (Wildman–Crippen MR) is 171 cm³/mol. The molecule has 4 rings (SSSR count). The minimum Gasteiger partial charge on any atom is -0.477 e. The first-order valence-corrected chi connectivity index (χ1v) is 16.5. The van der Waals surface area contributed by atoms with E-state index in [-0.39, 0.29) is 17.4 Å². The molecule has 2 aliphatic heterocycles. The third kappa shape index (κ3) is 9.37. The average molecular weight is 743 g/mol. The Hall–Kier alpha value is -3.32. The molecule has 2 aromatic rings. The second-order valence-corrected chi connectivity index (χ2v) is 13.1. The fourth-order valence-electron chi connectivity index (χ4n) is 4.00. The number of aromatic nitrogens is 2. The maximum absolute atomic E-state index is 12.9. The number of carbonyl (C=O) groups excluding carboxylic acids is 2. The first-order valence-electron chi connectivity index (χ1n) is 12.8. The smallest absolute Gasteiger partial charge is 0.477 e. The summed E-state index contributed by atoms with van der Waals surface area (Å²) in [5.74, 6) is -1.91. The van der Waals surface area contributed by atoms with E-state index in [4.69, 9.17) is 38.8 Å². The van der Waals surface area contributed by atoms with Gasteiger partial charge in [-0.2, -0.15) is 17.1 Å². The molecule has 0 aliphatic carbocycles. The van der Waals surface area contributed by atoms with E-state index in [1.165, 1.54) is 40.4 Å². The standard InChI is InChI=1S/C24H24Cl2N6O4S3.C2HF3O2/c1-12-29-17(27)9-18(28-2)32(12)39-7-3-4-13-10-38-23-20(22(34)31(23)21(13)24(35)36)30-19(33)11-37-16-8-14(25)5-6-15(16)26;3-2(4,5)1(6)7/h3-6,8-9,20,23H,7,10-11H2,1-2H3,(H4,27,28,30,33,35,36);(H,6,7)/p+1/b4-3+;/t20-,23?;/m1./s1. The number of hydrogen-bond donors (Lipinski definition) is 5. The van der Waals surface area contributed by atoms with Gasteiger partial charge >= 0.3 is 18.1 Å². The van der Waals surface area contributed by atoms with Crippen LogP contribution in [0.3, 0.4) is 0 Å². The van der Waals surface area contributed by atoms with Crippen molar-refractivity contribution < 1.29 is 46.5 Å². The summed E-state index contributed by atoms with van der Waals surface area (Å²) in [4.78, 5) is 52.6. The van der Waals surface area contributed by atoms with Gasteiger partial charge in [0, 0.05) is 47.3 Å². The minimum absolute atomic E-state index is 0.0325. The van der Waals surface area contributed by atoms with Gasteiger partial charge in [-0.1, -0.05) is 40.3 Å². The van der Waals surface area contributed by atoms with Crippen LogP contribution in [0.1, 0.15) is 5.82 Å². The van der Waals surface area contributed by atoms with Crippen LogP contribution >= 0.6 is 58.7 Å². The molecule has 1 fully saturated rings. The lowest BCUT2D eigenvalue weighted by atomic mass is 10.0. The molecule has 248 valence electrons. The van der Waals surface area contributed by atoms with Crippen LogP contribution in [-0.2, 0) is 19.2 Å². The number of aryl methyl sites for hydroxylation is 1. The highest BCUT2D eigenvalue weighted by Gasteiger charge is 2.53. The zero-order valence-electron chi connectivity index (χ0n) is 23.8. The third-order valence-corrected chi connectivity index (χ3v) is 10.1. The highest BCUT2D eigenvalue weighted by Crippen LogP contribution is 2.41. The van der Waals surface area contributed by atoms with Gasteiger partial charge in [-0.15, -0.1) is 23.5 Å². The number of carbonyl (C=O) groups is 4. The number of hydrogen-bond acceptors (Lipinski definition) is 10. The number of nitrogens with zero attached hydrogens (tertiary/aromatic N) is 3. The van der Waals surface area contributed by atoms with Gasteiger partial charge in [-0.3, -0.25) is 14.5 Å².